The lowest BCUT2D eigenvalue weighted by Gasteiger charge is -2.14. The van der Waals surface area contributed by atoms with Crippen LogP contribution in [0.2, 0.25) is 5.02 Å². The summed E-state index contributed by atoms with van der Waals surface area (Å²) >= 11 is 6.15. The van der Waals surface area contributed by atoms with Crippen molar-refractivity contribution >= 4 is 11.6 Å². The first-order chi connectivity index (χ1) is 9.20. The number of halogens is 1. The summed E-state index contributed by atoms with van der Waals surface area (Å²) in [5, 5.41) is 20.9. The number of aromatic nitrogens is 3. The smallest absolute Gasteiger partial charge is 0.0965 e. The van der Waals surface area contributed by atoms with E-state index in [0.29, 0.717) is 13.1 Å². The van der Waals surface area contributed by atoms with Gasteiger partial charge in [-0.2, -0.15) is 0 Å². The van der Waals surface area contributed by atoms with E-state index in [4.69, 9.17) is 16.7 Å². The summed E-state index contributed by atoms with van der Waals surface area (Å²) in [5.41, 5.74) is 1.90. The van der Waals surface area contributed by atoms with Gasteiger partial charge in [0.15, 0.2) is 0 Å². The number of nitrogens with one attached hydrogen (secondary N) is 1. The first-order valence-electron chi connectivity index (χ1n) is 6.18. The molecule has 1 aromatic heterocycles. The normalized spacial score (nSPS) is 12.6. The summed E-state index contributed by atoms with van der Waals surface area (Å²) < 4.78 is 1.62. The van der Waals surface area contributed by atoms with Crippen molar-refractivity contribution < 1.29 is 5.11 Å². The maximum atomic E-state index is 8.81. The summed E-state index contributed by atoms with van der Waals surface area (Å²) in [4.78, 5) is 0. The van der Waals surface area contributed by atoms with Gasteiger partial charge in [-0.1, -0.05) is 35.0 Å². The molecule has 0 aliphatic carbocycles. The molecule has 6 heteroatoms. The molecule has 0 unspecified atom stereocenters. The highest BCUT2D eigenvalue weighted by Gasteiger charge is 2.09. The van der Waals surface area contributed by atoms with Crippen LogP contribution in [0.5, 0.6) is 0 Å². The topological polar surface area (TPSA) is 63.0 Å². The van der Waals surface area contributed by atoms with Crippen molar-refractivity contribution in [1.29, 1.82) is 0 Å². The Labute approximate surface area is 117 Å². The van der Waals surface area contributed by atoms with E-state index in [2.05, 4.69) is 22.6 Å². The lowest BCUT2D eigenvalue weighted by atomic mass is 10.1. The molecule has 0 bridgehead atoms. The summed E-state index contributed by atoms with van der Waals surface area (Å²) in [5.74, 6) is 0. The minimum atomic E-state index is 0.0618. The third kappa shape index (κ3) is 3.76. The van der Waals surface area contributed by atoms with Crippen LogP contribution >= 0.6 is 11.6 Å². The monoisotopic (exact) mass is 280 g/mol. The Balaban J connectivity index is 1.92. The van der Waals surface area contributed by atoms with E-state index in [1.807, 2.05) is 30.5 Å². The molecular formula is C13H17ClN4O. The minimum absolute atomic E-state index is 0.0618. The Hall–Kier alpha value is -1.43. The molecule has 0 radical (unpaired) electrons. The van der Waals surface area contributed by atoms with Crippen molar-refractivity contribution in [3.05, 3.63) is 46.7 Å². The number of hydrogen-bond acceptors (Lipinski definition) is 4. The molecule has 1 atom stereocenters. The first kappa shape index (κ1) is 14.0. The van der Waals surface area contributed by atoms with E-state index < -0.39 is 0 Å². The molecule has 0 spiro atoms. The molecule has 0 amide bonds. The van der Waals surface area contributed by atoms with Crippen molar-refractivity contribution in [3.63, 3.8) is 0 Å². The molecule has 19 heavy (non-hydrogen) atoms. The predicted octanol–water partition coefficient (Wildman–Crippen LogP) is 1.77. The van der Waals surface area contributed by atoms with Gasteiger partial charge in [0.05, 0.1) is 18.8 Å². The quantitative estimate of drug-likeness (QED) is 0.847. The van der Waals surface area contributed by atoms with E-state index in [0.717, 1.165) is 16.3 Å². The van der Waals surface area contributed by atoms with Gasteiger partial charge in [0.1, 0.15) is 0 Å². The molecule has 0 fully saturated rings. The molecule has 1 heterocycles. The van der Waals surface area contributed by atoms with E-state index in [1.54, 1.807) is 4.68 Å². The van der Waals surface area contributed by atoms with Crippen LogP contribution in [0.1, 0.15) is 24.2 Å². The third-order valence-electron chi connectivity index (χ3n) is 2.88. The first-order valence-corrected chi connectivity index (χ1v) is 6.56. The van der Waals surface area contributed by atoms with Gasteiger partial charge in [-0.25, -0.2) is 4.68 Å². The molecule has 2 rings (SSSR count). The van der Waals surface area contributed by atoms with Crippen molar-refractivity contribution in [2.75, 3.05) is 6.61 Å². The fourth-order valence-electron chi connectivity index (χ4n) is 1.83. The van der Waals surface area contributed by atoms with Crippen LogP contribution in [0, 0.1) is 0 Å². The van der Waals surface area contributed by atoms with Crippen molar-refractivity contribution in [3.8, 4) is 0 Å². The fourth-order valence-corrected chi connectivity index (χ4v) is 2.12. The Kier molecular flexibility index (Phi) is 4.90. The van der Waals surface area contributed by atoms with E-state index in [1.165, 1.54) is 0 Å². The number of rotatable bonds is 6. The fraction of sp³-hybridized carbons (Fsp3) is 0.385. The second-order valence-electron chi connectivity index (χ2n) is 4.32. The molecule has 0 aliphatic rings. The predicted molar refractivity (Wildman–Crippen MR) is 73.8 cm³/mol. The lowest BCUT2D eigenvalue weighted by Crippen LogP contribution is -2.18. The molecular weight excluding hydrogens is 264 g/mol. The van der Waals surface area contributed by atoms with Crippen LogP contribution < -0.4 is 5.32 Å². The highest BCUT2D eigenvalue weighted by molar-refractivity contribution is 6.31. The lowest BCUT2D eigenvalue weighted by molar-refractivity contribution is 0.268. The molecule has 2 N–H and O–H groups in total. The molecule has 0 saturated carbocycles. The second-order valence-corrected chi connectivity index (χ2v) is 4.73. The van der Waals surface area contributed by atoms with Gasteiger partial charge < -0.3 is 10.4 Å². The Bertz CT molecular complexity index is 529. The maximum absolute atomic E-state index is 8.81. The SMILES string of the molecule is C[C@H](NCc1cn(CCO)nn1)c1ccccc1Cl. The Morgan fingerprint density at radius 3 is 2.95 bits per heavy atom. The number of benzene rings is 1. The third-order valence-corrected chi connectivity index (χ3v) is 3.22. The summed E-state index contributed by atoms with van der Waals surface area (Å²) in [7, 11) is 0. The van der Waals surface area contributed by atoms with Gasteiger partial charge in [0, 0.05) is 23.8 Å². The zero-order chi connectivity index (χ0) is 13.7. The van der Waals surface area contributed by atoms with Crippen LogP contribution in [-0.4, -0.2) is 26.7 Å². The summed E-state index contributed by atoms with van der Waals surface area (Å²) in [6, 6.07) is 7.90. The van der Waals surface area contributed by atoms with Gasteiger partial charge in [0.2, 0.25) is 0 Å². The van der Waals surface area contributed by atoms with Crippen molar-refractivity contribution in [2.24, 2.45) is 0 Å². The van der Waals surface area contributed by atoms with Gasteiger partial charge in [0.25, 0.3) is 0 Å². The molecule has 102 valence electrons. The standard InChI is InChI=1S/C13H17ClN4O/c1-10(12-4-2-3-5-13(12)14)15-8-11-9-18(6-7-19)17-16-11/h2-5,9-10,15,19H,6-8H2,1H3/t10-/m0/s1. The molecule has 2 aromatic rings. The maximum Gasteiger partial charge on any atom is 0.0965 e. The number of aliphatic hydroxyl groups excluding tert-OH is 1. The molecule has 1 aromatic carbocycles. The van der Waals surface area contributed by atoms with Crippen LogP contribution in [-0.2, 0) is 13.1 Å². The van der Waals surface area contributed by atoms with Gasteiger partial charge in [-0.15, -0.1) is 5.10 Å². The number of hydrogen-bond donors (Lipinski definition) is 2. The van der Waals surface area contributed by atoms with Crippen LogP contribution in [0.25, 0.3) is 0 Å². The minimum Gasteiger partial charge on any atom is -0.394 e. The Morgan fingerprint density at radius 1 is 1.42 bits per heavy atom. The summed E-state index contributed by atoms with van der Waals surface area (Å²) in [6.07, 6.45) is 1.82. The number of nitrogens with zero attached hydrogens (tertiary/aromatic N) is 3. The highest BCUT2D eigenvalue weighted by atomic mass is 35.5. The largest absolute Gasteiger partial charge is 0.394 e. The highest BCUT2D eigenvalue weighted by Crippen LogP contribution is 2.22. The van der Waals surface area contributed by atoms with Crippen molar-refractivity contribution in [2.45, 2.75) is 26.1 Å². The Morgan fingerprint density at radius 2 is 2.21 bits per heavy atom. The van der Waals surface area contributed by atoms with E-state index in [9.17, 15) is 0 Å². The van der Waals surface area contributed by atoms with Crippen LogP contribution in [0.4, 0.5) is 0 Å². The van der Waals surface area contributed by atoms with Gasteiger partial charge in [-0.05, 0) is 18.6 Å². The van der Waals surface area contributed by atoms with Crippen LogP contribution in [0.3, 0.4) is 0 Å². The number of aliphatic hydroxyl groups is 1. The van der Waals surface area contributed by atoms with E-state index in [-0.39, 0.29) is 12.6 Å². The van der Waals surface area contributed by atoms with Gasteiger partial charge >= 0.3 is 0 Å². The van der Waals surface area contributed by atoms with E-state index >= 15 is 0 Å². The zero-order valence-corrected chi connectivity index (χ0v) is 11.5. The molecule has 5 nitrogen and oxygen atoms in total. The summed E-state index contributed by atoms with van der Waals surface area (Å²) in [6.45, 7) is 3.19. The zero-order valence-electron chi connectivity index (χ0n) is 10.8. The van der Waals surface area contributed by atoms with Crippen molar-refractivity contribution in [1.82, 2.24) is 20.3 Å². The molecule has 0 saturated heterocycles. The van der Waals surface area contributed by atoms with Gasteiger partial charge in [-0.3, -0.25) is 0 Å². The van der Waals surface area contributed by atoms with Crippen LogP contribution in [0.15, 0.2) is 30.5 Å². The molecule has 0 aliphatic heterocycles. The average Bonchev–Trinajstić information content (AvgIpc) is 2.85. The second kappa shape index (κ2) is 6.65. The average molecular weight is 281 g/mol.